The number of hydrogen-bond acceptors (Lipinski definition) is 10. The van der Waals surface area contributed by atoms with Gasteiger partial charge >= 0.3 is 0 Å². The summed E-state index contributed by atoms with van der Waals surface area (Å²) in [5, 5.41) is 14.8. The van der Waals surface area contributed by atoms with Crippen LogP contribution in [0.2, 0.25) is 0 Å². The lowest BCUT2D eigenvalue weighted by Gasteiger charge is -2.08. The maximum absolute atomic E-state index is 11.4. The molecule has 3 aromatic heterocycles. The fourth-order valence-corrected chi connectivity index (χ4v) is 3.02. The van der Waals surface area contributed by atoms with Gasteiger partial charge in [0.25, 0.3) is 0 Å². The molecule has 0 aliphatic rings. The Balaban J connectivity index is 1.36. The Bertz CT molecular complexity index is 1460. The van der Waals surface area contributed by atoms with Crippen LogP contribution in [0.4, 0.5) is 17.3 Å². The molecule has 0 spiro atoms. The maximum Gasteiger partial charge on any atom is 0.248 e. The van der Waals surface area contributed by atoms with Crippen LogP contribution < -0.4 is 16.5 Å². The zero-order valence-electron chi connectivity index (χ0n) is 17.0. The van der Waals surface area contributed by atoms with Crippen LogP contribution in [0.25, 0.3) is 22.6 Å². The van der Waals surface area contributed by atoms with Crippen molar-refractivity contribution in [3.63, 3.8) is 0 Å². The molecule has 0 aliphatic carbocycles. The molecule has 3 heterocycles. The van der Waals surface area contributed by atoms with Gasteiger partial charge in [-0.2, -0.15) is 10.1 Å². The molecular weight excluding hydrogens is 424 g/mol. The fourth-order valence-electron chi connectivity index (χ4n) is 3.02. The smallest absolute Gasteiger partial charge is 0.248 e. The van der Waals surface area contributed by atoms with Gasteiger partial charge in [-0.3, -0.25) is 10.2 Å². The number of nitrogens with one attached hydrogen (secondary N) is 2. The Labute approximate surface area is 186 Å². The minimum absolute atomic E-state index is 0.237. The molecule has 11 nitrogen and oxygen atoms in total. The highest BCUT2D eigenvalue weighted by Gasteiger charge is 2.13. The van der Waals surface area contributed by atoms with Crippen molar-refractivity contribution < 1.29 is 13.8 Å². The third-order valence-electron chi connectivity index (χ3n) is 4.57. The molecule has 5 aromatic rings. The zero-order chi connectivity index (χ0) is 22.6. The van der Waals surface area contributed by atoms with E-state index in [1.165, 1.54) is 6.21 Å². The number of aromatic nitrogens is 4. The summed E-state index contributed by atoms with van der Waals surface area (Å²) in [5.41, 5.74) is 10.6. The van der Waals surface area contributed by atoms with E-state index in [4.69, 9.17) is 14.8 Å². The molecule has 0 radical (unpaired) electrons. The molecular formula is C22H16N8O3. The molecule has 0 atom stereocenters. The minimum atomic E-state index is -0.505. The number of fused-ring (bicyclic) bond motifs is 1. The lowest BCUT2D eigenvalue weighted by atomic mass is 10.1. The molecule has 11 heteroatoms. The van der Waals surface area contributed by atoms with Crippen molar-refractivity contribution in [1.29, 1.82) is 0 Å². The van der Waals surface area contributed by atoms with Crippen molar-refractivity contribution in [3.05, 3.63) is 78.1 Å². The summed E-state index contributed by atoms with van der Waals surface area (Å²) in [6.07, 6.45) is 1.49. The van der Waals surface area contributed by atoms with Crippen molar-refractivity contribution in [2.75, 3.05) is 10.7 Å². The average molecular weight is 440 g/mol. The first kappa shape index (κ1) is 19.9. The van der Waals surface area contributed by atoms with E-state index in [1.807, 2.05) is 36.4 Å². The second-order valence-electron chi connectivity index (χ2n) is 6.84. The Kier molecular flexibility index (Phi) is 5.17. The lowest BCUT2D eigenvalue weighted by molar-refractivity contribution is 0.100. The Morgan fingerprint density at radius 1 is 0.939 bits per heavy atom. The summed E-state index contributed by atoms with van der Waals surface area (Å²) < 4.78 is 10.5. The summed E-state index contributed by atoms with van der Waals surface area (Å²) in [6.45, 7) is 0. The number of primary amides is 1. The minimum Gasteiger partial charge on any atom is -0.455 e. The number of nitrogens with zero attached hydrogens (tertiary/aromatic N) is 5. The summed E-state index contributed by atoms with van der Waals surface area (Å²) in [5.74, 6) is 1.26. The molecule has 0 unspecified atom stereocenters. The van der Waals surface area contributed by atoms with Crippen LogP contribution >= 0.6 is 0 Å². The number of anilines is 3. The third-order valence-corrected chi connectivity index (χ3v) is 4.57. The van der Waals surface area contributed by atoms with Crippen LogP contribution in [0.1, 0.15) is 16.1 Å². The molecule has 162 valence electrons. The van der Waals surface area contributed by atoms with Crippen molar-refractivity contribution in [3.8, 4) is 11.3 Å². The van der Waals surface area contributed by atoms with Crippen LogP contribution in [0.3, 0.4) is 0 Å². The number of nitrogens with two attached hydrogens (primary N) is 1. The fraction of sp³-hybridized carbons (Fsp3) is 0. The van der Waals surface area contributed by atoms with Crippen LogP contribution in [0.15, 0.2) is 80.9 Å². The number of amides is 1. The highest BCUT2D eigenvalue weighted by molar-refractivity contribution is 5.94. The number of hydrogen-bond donors (Lipinski definition) is 3. The van der Waals surface area contributed by atoms with Gasteiger partial charge in [0.2, 0.25) is 17.2 Å². The number of carbonyl (C=O) groups is 1. The normalized spacial score (nSPS) is 11.2. The van der Waals surface area contributed by atoms with Crippen LogP contribution in [-0.2, 0) is 0 Å². The number of benzene rings is 2. The van der Waals surface area contributed by atoms with Gasteiger partial charge < -0.3 is 15.5 Å². The Morgan fingerprint density at radius 3 is 2.52 bits per heavy atom. The zero-order valence-corrected chi connectivity index (χ0v) is 17.0. The monoisotopic (exact) mass is 440 g/mol. The average Bonchev–Trinajstić information content (AvgIpc) is 3.49. The molecule has 1 amide bonds. The molecule has 33 heavy (non-hydrogen) atoms. The second kappa shape index (κ2) is 8.59. The first-order valence-corrected chi connectivity index (χ1v) is 9.77. The molecule has 0 aliphatic heterocycles. The summed E-state index contributed by atoms with van der Waals surface area (Å²) in [4.78, 5) is 20.1. The number of para-hydroxylation sites is 1. The largest absolute Gasteiger partial charge is 0.455 e. The molecule has 5 rings (SSSR count). The lowest BCUT2D eigenvalue weighted by Crippen LogP contribution is -2.10. The predicted octanol–water partition coefficient (Wildman–Crippen LogP) is 3.56. The number of rotatable bonds is 7. The van der Waals surface area contributed by atoms with Crippen molar-refractivity contribution >= 4 is 40.7 Å². The third kappa shape index (κ3) is 4.37. The van der Waals surface area contributed by atoms with Gasteiger partial charge in [0, 0.05) is 16.8 Å². The Morgan fingerprint density at radius 2 is 1.73 bits per heavy atom. The van der Waals surface area contributed by atoms with E-state index in [1.54, 1.807) is 30.3 Å². The number of carbonyl (C=O) groups excluding carboxylic acids is 1. The van der Waals surface area contributed by atoms with Gasteiger partial charge in [-0.1, -0.05) is 30.3 Å². The molecule has 2 aromatic carbocycles. The highest BCUT2D eigenvalue weighted by atomic mass is 16.6. The molecule has 0 saturated heterocycles. The van der Waals surface area contributed by atoms with E-state index >= 15 is 0 Å². The van der Waals surface area contributed by atoms with Gasteiger partial charge in [-0.15, -0.1) is 0 Å². The SMILES string of the molecule is NC(=O)c1cccc(-c2ccc(/C=N/Nc3nc4nonc4nc3Nc3ccccc3)o2)c1. The number of furan rings is 1. The van der Waals surface area contributed by atoms with E-state index in [0.29, 0.717) is 28.7 Å². The van der Waals surface area contributed by atoms with Crippen LogP contribution in [0, 0.1) is 0 Å². The Hall–Kier alpha value is -5.06. The molecule has 0 bridgehead atoms. The standard InChI is InChI=1S/C22H16N8O3/c23-18(31)14-6-4-5-13(11-14)17-10-9-16(32-17)12-24-28-20-19(25-15-7-2-1-3-8-15)26-21-22(27-20)30-33-29-21/h1-12H,(H2,23,31)(H,25,26,29)(H,27,28,30)/b24-12+. The highest BCUT2D eigenvalue weighted by Crippen LogP contribution is 2.24. The van der Waals surface area contributed by atoms with E-state index in [0.717, 1.165) is 11.3 Å². The van der Waals surface area contributed by atoms with Gasteiger partial charge in [0.15, 0.2) is 11.6 Å². The van der Waals surface area contributed by atoms with Gasteiger partial charge in [-0.05, 0) is 46.7 Å². The molecule has 0 saturated carbocycles. The summed E-state index contributed by atoms with van der Waals surface area (Å²) >= 11 is 0. The molecule has 4 N–H and O–H groups in total. The number of hydrazone groups is 1. The van der Waals surface area contributed by atoms with E-state index < -0.39 is 5.91 Å². The predicted molar refractivity (Wildman–Crippen MR) is 121 cm³/mol. The first-order valence-electron chi connectivity index (χ1n) is 9.77. The quantitative estimate of drug-likeness (QED) is 0.254. The molecule has 0 fully saturated rings. The van der Waals surface area contributed by atoms with E-state index in [9.17, 15) is 4.79 Å². The van der Waals surface area contributed by atoms with E-state index in [-0.39, 0.29) is 11.3 Å². The first-order chi connectivity index (χ1) is 16.2. The topological polar surface area (TPSA) is 157 Å². The van der Waals surface area contributed by atoms with Crippen LogP contribution in [-0.4, -0.2) is 32.4 Å². The summed E-state index contributed by atoms with van der Waals surface area (Å²) in [7, 11) is 0. The van der Waals surface area contributed by atoms with Gasteiger partial charge in [-0.25, -0.2) is 9.61 Å². The van der Waals surface area contributed by atoms with Gasteiger partial charge in [0.05, 0.1) is 6.21 Å². The van der Waals surface area contributed by atoms with Crippen molar-refractivity contribution in [2.24, 2.45) is 10.8 Å². The van der Waals surface area contributed by atoms with Gasteiger partial charge in [0.1, 0.15) is 11.5 Å². The van der Waals surface area contributed by atoms with Crippen molar-refractivity contribution in [1.82, 2.24) is 20.3 Å². The summed E-state index contributed by atoms with van der Waals surface area (Å²) in [6, 6.07) is 19.9. The van der Waals surface area contributed by atoms with Crippen LogP contribution in [0.5, 0.6) is 0 Å². The second-order valence-corrected chi connectivity index (χ2v) is 6.84. The van der Waals surface area contributed by atoms with E-state index in [2.05, 4.69) is 36.1 Å². The van der Waals surface area contributed by atoms with Crippen molar-refractivity contribution in [2.45, 2.75) is 0 Å². The maximum atomic E-state index is 11.4.